The quantitative estimate of drug-likeness (QED) is 0.381. The van der Waals surface area contributed by atoms with Gasteiger partial charge in [0.25, 0.3) is 5.91 Å². The van der Waals surface area contributed by atoms with Gasteiger partial charge in [0.15, 0.2) is 0 Å². The zero-order chi connectivity index (χ0) is 29.2. The monoisotopic (exact) mass is 553 g/mol. The van der Waals surface area contributed by atoms with Crippen molar-refractivity contribution in [2.24, 2.45) is 0 Å². The number of carbonyl (C=O) groups excluding carboxylic acids is 1. The van der Waals surface area contributed by atoms with Gasteiger partial charge in [-0.3, -0.25) is 9.69 Å². The lowest BCUT2D eigenvalue weighted by molar-refractivity contribution is -0.929. The van der Waals surface area contributed by atoms with Crippen LogP contribution < -0.4 is 9.64 Å². The number of piperazine rings is 1. The van der Waals surface area contributed by atoms with Crippen molar-refractivity contribution in [3.63, 3.8) is 0 Å². The number of carbonyl (C=O) groups is 2. The van der Waals surface area contributed by atoms with Gasteiger partial charge in [-0.2, -0.15) is 4.79 Å². The minimum absolute atomic E-state index is 0.0160. The molecule has 1 aromatic heterocycles. The van der Waals surface area contributed by atoms with Crippen molar-refractivity contribution in [2.75, 3.05) is 31.6 Å². The standard InChI is InChI=1S/C30H34F2N4O4/c1-20-18-35(14-15-36(20,29(38)39)30(2,3)4)19-21-6-12-26(25(32)16-21)34(5)28(37)22-7-13-27(33-17-22)40-24-10-8-23(31)9-11-24/h6-13,16-17,20H,14-15,18-19H2,1-5H3/p+1/t20-,36?/m0/s1. The number of quaternary nitrogens is 1. The molecule has 2 heterocycles. The number of nitrogens with zero attached hydrogens (tertiary/aromatic N) is 4. The summed E-state index contributed by atoms with van der Waals surface area (Å²) in [7, 11) is 1.49. The maximum atomic E-state index is 15.2. The van der Waals surface area contributed by atoms with Gasteiger partial charge in [-0.25, -0.2) is 18.2 Å². The molecule has 2 amide bonds. The van der Waals surface area contributed by atoms with Crippen LogP contribution in [0.5, 0.6) is 11.6 Å². The van der Waals surface area contributed by atoms with Crippen molar-refractivity contribution >= 4 is 17.7 Å². The molecule has 0 aliphatic carbocycles. The highest BCUT2D eigenvalue weighted by Gasteiger charge is 2.54. The van der Waals surface area contributed by atoms with Gasteiger partial charge in [-0.1, -0.05) is 6.07 Å². The Hall–Kier alpha value is -3.89. The van der Waals surface area contributed by atoms with E-state index in [-0.39, 0.29) is 33.5 Å². The Bertz CT molecular complexity index is 1380. The predicted molar refractivity (Wildman–Crippen MR) is 147 cm³/mol. The first kappa shape index (κ1) is 29.1. The Morgan fingerprint density at radius 2 is 1.82 bits per heavy atom. The summed E-state index contributed by atoms with van der Waals surface area (Å²) in [5.74, 6) is -0.723. The van der Waals surface area contributed by atoms with Crippen LogP contribution in [-0.2, 0) is 6.54 Å². The number of ether oxygens (including phenoxy) is 1. The lowest BCUT2D eigenvalue weighted by Crippen LogP contribution is -2.73. The lowest BCUT2D eigenvalue weighted by Gasteiger charge is -2.52. The summed E-state index contributed by atoms with van der Waals surface area (Å²) in [6, 6.07) is 13.1. The van der Waals surface area contributed by atoms with Crippen LogP contribution in [0.25, 0.3) is 0 Å². The highest BCUT2D eigenvalue weighted by Crippen LogP contribution is 2.33. The predicted octanol–water partition coefficient (Wildman–Crippen LogP) is 5.93. The van der Waals surface area contributed by atoms with Crippen molar-refractivity contribution in [1.29, 1.82) is 0 Å². The number of pyridine rings is 1. The van der Waals surface area contributed by atoms with E-state index in [0.29, 0.717) is 31.9 Å². The van der Waals surface area contributed by atoms with Gasteiger partial charge in [0, 0.05) is 32.4 Å². The first-order chi connectivity index (χ1) is 18.8. The fraction of sp³-hybridized carbons (Fsp3) is 0.367. The van der Waals surface area contributed by atoms with E-state index in [1.54, 1.807) is 12.1 Å². The van der Waals surface area contributed by atoms with Crippen molar-refractivity contribution in [3.8, 4) is 11.6 Å². The molecule has 8 nitrogen and oxygen atoms in total. The summed E-state index contributed by atoms with van der Waals surface area (Å²) in [5, 5.41) is 10.0. The SMILES string of the molecule is C[C@H]1CN(Cc2ccc(N(C)C(=O)c3ccc(Oc4ccc(F)cc4)nc3)c(F)c2)CC[N+]1(C(=O)O)C(C)(C)C. The van der Waals surface area contributed by atoms with Crippen LogP contribution in [0.1, 0.15) is 43.6 Å². The molecule has 0 radical (unpaired) electrons. The summed E-state index contributed by atoms with van der Waals surface area (Å²) in [4.78, 5) is 32.8. The average molecular weight is 554 g/mol. The first-order valence-electron chi connectivity index (χ1n) is 13.1. The fourth-order valence-electron chi connectivity index (χ4n) is 5.51. The van der Waals surface area contributed by atoms with Crippen LogP contribution in [0.15, 0.2) is 60.8 Å². The van der Waals surface area contributed by atoms with E-state index in [4.69, 9.17) is 4.74 Å². The molecule has 0 saturated carbocycles. The molecule has 1 fully saturated rings. The molecule has 1 aliphatic heterocycles. The molecule has 212 valence electrons. The molecular formula is C30H35F2N4O4+. The Kier molecular flexibility index (Phi) is 8.23. The van der Waals surface area contributed by atoms with Gasteiger partial charge < -0.3 is 14.7 Å². The molecule has 40 heavy (non-hydrogen) atoms. The minimum atomic E-state index is -0.826. The minimum Gasteiger partial charge on any atom is -0.439 e. The molecule has 1 N–H and O–H groups in total. The summed E-state index contributed by atoms with van der Waals surface area (Å²) in [6.07, 6.45) is 0.516. The number of hydrogen-bond acceptors (Lipinski definition) is 5. The lowest BCUT2D eigenvalue weighted by atomic mass is 9.95. The molecule has 0 bridgehead atoms. The van der Waals surface area contributed by atoms with Crippen molar-refractivity contribution in [2.45, 2.75) is 45.8 Å². The molecule has 2 atom stereocenters. The third kappa shape index (κ3) is 5.83. The molecule has 1 unspecified atom stereocenters. The second-order valence-electron chi connectivity index (χ2n) is 11.2. The number of halogens is 2. The van der Waals surface area contributed by atoms with Gasteiger partial charge in [-0.05, 0) is 75.7 Å². The van der Waals surface area contributed by atoms with E-state index >= 15 is 4.39 Å². The van der Waals surface area contributed by atoms with Gasteiger partial charge >= 0.3 is 6.09 Å². The second kappa shape index (κ2) is 11.3. The Morgan fingerprint density at radius 1 is 1.12 bits per heavy atom. The van der Waals surface area contributed by atoms with Gasteiger partial charge in [0.2, 0.25) is 5.88 Å². The van der Waals surface area contributed by atoms with E-state index < -0.39 is 23.4 Å². The second-order valence-corrected chi connectivity index (χ2v) is 11.2. The Morgan fingerprint density at radius 3 is 2.38 bits per heavy atom. The molecule has 4 rings (SSSR count). The summed E-state index contributed by atoms with van der Waals surface area (Å²) in [6.45, 7) is 9.87. The van der Waals surface area contributed by atoms with E-state index in [0.717, 1.165) is 5.56 Å². The molecule has 1 aliphatic rings. The maximum Gasteiger partial charge on any atom is 0.514 e. The zero-order valence-corrected chi connectivity index (χ0v) is 23.4. The zero-order valence-electron chi connectivity index (χ0n) is 23.4. The molecule has 0 spiro atoms. The maximum absolute atomic E-state index is 15.2. The number of benzene rings is 2. The topological polar surface area (TPSA) is 83.0 Å². The summed E-state index contributed by atoms with van der Waals surface area (Å²) < 4.78 is 33.8. The summed E-state index contributed by atoms with van der Waals surface area (Å²) in [5.41, 5.74) is 0.665. The van der Waals surface area contributed by atoms with Gasteiger partial charge in [0.05, 0.1) is 17.8 Å². The fourth-order valence-corrected chi connectivity index (χ4v) is 5.51. The third-order valence-corrected chi connectivity index (χ3v) is 7.69. The molecule has 1 saturated heterocycles. The van der Waals surface area contributed by atoms with E-state index in [2.05, 4.69) is 9.88 Å². The highest BCUT2D eigenvalue weighted by atomic mass is 19.1. The van der Waals surface area contributed by atoms with Crippen LogP contribution in [0.3, 0.4) is 0 Å². The number of aromatic nitrogens is 1. The Balaban J connectivity index is 1.40. The van der Waals surface area contributed by atoms with E-state index in [9.17, 15) is 19.1 Å². The van der Waals surface area contributed by atoms with Crippen LogP contribution in [-0.4, -0.2) is 69.7 Å². The molecule has 3 aromatic rings. The molecule has 2 aromatic carbocycles. The number of amides is 2. The number of carboxylic acid groups (broad SMARTS) is 1. The Labute approximate surface area is 233 Å². The summed E-state index contributed by atoms with van der Waals surface area (Å²) >= 11 is 0. The van der Waals surface area contributed by atoms with Crippen molar-refractivity contribution in [1.82, 2.24) is 9.88 Å². The smallest absolute Gasteiger partial charge is 0.439 e. The highest BCUT2D eigenvalue weighted by molar-refractivity contribution is 6.05. The number of hydrogen-bond donors (Lipinski definition) is 1. The first-order valence-corrected chi connectivity index (χ1v) is 13.1. The number of anilines is 1. The van der Waals surface area contributed by atoms with E-state index in [1.807, 2.05) is 27.7 Å². The van der Waals surface area contributed by atoms with Gasteiger partial charge in [0.1, 0.15) is 35.5 Å². The average Bonchev–Trinajstić information content (AvgIpc) is 2.89. The number of rotatable bonds is 6. The third-order valence-electron chi connectivity index (χ3n) is 7.69. The largest absolute Gasteiger partial charge is 0.514 e. The van der Waals surface area contributed by atoms with Crippen molar-refractivity contribution < 1.29 is 32.7 Å². The van der Waals surface area contributed by atoms with Crippen LogP contribution in [0, 0.1) is 11.6 Å². The van der Waals surface area contributed by atoms with Crippen LogP contribution >= 0.6 is 0 Å². The van der Waals surface area contributed by atoms with Crippen molar-refractivity contribution in [3.05, 3.63) is 83.6 Å². The van der Waals surface area contributed by atoms with E-state index in [1.165, 1.54) is 60.6 Å². The van der Waals surface area contributed by atoms with Crippen LogP contribution in [0.2, 0.25) is 0 Å². The van der Waals surface area contributed by atoms with Crippen LogP contribution in [0.4, 0.5) is 19.3 Å². The normalized spacial score (nSPS) is 19.7. The van der Waals surface area contributed by atoms with Gasteiger partial charge in [-0.15, -0.1) is 0 Å². The molecular weight excluding hydrogens is 518 g/mol. The molecule has 10 heteroatoms.